The van der Waals surface area contributed by atoms with Crippen LogP contribution in [-0.4, -0.2) is 145 Å². The fraction of sp³-hybridized carbons (Fsp3) is 0.600. The van der Waals surface area contributed by atoms with Crippen molar-refractivity contribution >= 4 is 46.6 Å². The third-order valence-corrected chi connectivity index (χ3v) is 15.4. The first kappa shape index (κ1) is 47.6. The van der Waals surface area contributed by atoms with Crippen LogP contribution in [0, 0.1) is 28.9 Å². The van der Waals surface area contributed by atoms with Crippen LogP contribution in [0.1, 0.15) is 87.2 Å². The highest BCUT2D eigenvalue weighted by molar-refractivity contribution is 6.05. The summed E-state index contributed by atoms with van der Waals surface area (Å²) in [5, 5.41) is 16.2. The summed E-state index contributed by atoms with van der Waals surface area (Å²) in [5.74, 6) is 0.750. The first-order valence-corrected chi connectivity index (χ1v) is 24.7. The molecule has 9 rings (SSSR count). The quantitative estimate of drug-likeness (QED) is 0.103. The van der Waals surface area contributed by atoms with E-state index in [1.54, 1.807) is 16.1 Å². The largest absolute Gasteiger partial charge is 0.385 e. The van der Waals surface area contributed by atoms with E-state index < -0.39 is 29.1 Å². The molecule has 68 heavy (non-hydrogen) atoms. The van der Waals surface area contributed by atoms with E-state index >= 15 is 8.78 Å². The van der Waals surface area contributed by atoms with Crippen LogP contribution in [-0.2, 0) is 27.5 Å². The minimum atomic E-state index is -0.615. The Hall–Kier alpha value is -5.46. The van der Waals surface area contributed by atoms with Gasteiger partial charge in [-0.25, -0.2) is 18.7 Å². The molecule has 5 fully saturated rings. The van der Waals surface area contributed by atoms with E-state index in [4.69, 9.17) is 0 Å². The molecule has 3 atom stereocenters. The maximum absolute atomic E-state index is 15.7. The van der Waals surface area contributed by atoms with Gasteiger partial charge in [0.15, 0.2) is 0 Å². The number of hydrogen-bond donors (Lipinski definition) is 5. The topological polar surface area (TPSA) is 170 Å². The van der Waals surface area contributed by atoms with Crippen LogP contribution in [0.3, 0.4) is 0 Å². The number of benzene rings is 2. The molecule has 0 aliphatic carbocycles. The van der Waals surface area contributed by atoms with E-state index in [-0.39, 0.29) is 41.8 Å². The van der Waals surface area contributed by atoms with Crippen molar-refractivity contribution in [3.8, 4) is 0 Å². The lowest BCUT2D eigenvalue weighted by Crippen LogP contribution is -2.66. The Bertz CT molecular complexity index is 2350. The van der Waals surface area contributed by atoms with Crippen LogP contribution in [0.5, 0.6) is 0 Å². The van der Waals surface area contributed by atoms with Crippen molar-refractivity contribution in [2.75, 3.05) is 106 Å². The van der Waals surface area contributed by atoms with Gasteiger partial charge in [-0.15, -0.1) is 0 Å². The number of rotatable bonds is 16. The predicted octanol–water partition coefficient (Wildman–Crippen LogP) is 4.18. The fourth-order valence-corrected chi connectivity index (χ4v) is 11.1. The number of aromatic nitrogens is 2. The molecule has 366 valence electrons. The van der Waals surface area contributed by atoms with Crippen molar-refractivity contribution in [2.24, 2.45) is 17.3 Å². The molecule has 1 aromatic heterocycles. The van der Waals surface area contributed by atoms with Gasteiger partial charge in [0.2, 0.25) is 17.7 Å². The molecule has 5 N–H and O–H groups in total. The van der Waals surface area contributed by atoms with Crippen LogP contribution >= 0.6 is 0 Å². The maximum atomic E-state index is 15.7. The Kier molecular flexibility index (Phi) is 14.2. The lowest BCUT2D eigenvalue weighted by Gasteiger charge is -2.48. The number of nitrogens with zero attached hydrogens (tertiary/aromatic N) is 7. The normalized spacial score (nSPS) is 24.1. The molecule has 4 amide bonds. The molecule has 3 aromatic rings. The summed E-state index contributed by atoms with van der Waals surface area (Å²) in [5.41, 5.74) is 2.67. The van der Waals surface area contributed by atoms with Gasteiger partial charge in [-0.2, -0.15) is 0 Å². The molecule has 6 aliphatic heterocycles. The van der Waals surface area contributed by atoms with Crippen LogP contribution in [0.25, 0.3) is 0 Å². The summed E-state index contributed by atoms with van der Waals surface area (Å²) < 4.78 is 31.2. The number of imide groups is 1. The Morgan fingerprint density at radius 1 is 0.824 bits per heavy atom. The van der Waals surface area contributed by atoms with Gasteiger partial charge in [-0.1, -0.05) is 20.8 Å². The summed E-state index contributed by atoms with van der Waals surface area (Å²) >= 11 is 0. The second-order valence-corrected chi connectivity index (χ2v) is 20.9. The highest BCUT2D eigenvalue weighted by atomic mass is 19.1. The van der Waals surface area contributed by atoms with Crippen LogP contribution in [0.2, 0.25) is 0 Å². The molecule has 6 aliphatic rings. The molecule has 16 nitrogen and oxygen atoms in total. The maximum Gasteiger partial charge on any atom is 0.255 e. The number of piperidine rings is 3. The first-order valence-electron chi connectivity index (χ1n) is 24.7. The van der Waals surface area contributed by atoms with Gasteiger partial charge in [-0.3, -0.25) is 29.4 Å². The summed E-state index contributed by atoms with van der Waals surface area (Å²) in [4.78, 5) is 69.3. The van der Waals surface area contributed by atoms with E-state index in [0.717, 1.165) is 101 Å². The zero-order chi connectivity index (χ0) is 47.6. The van der Waals surface area contributed by atoms with Gasteiger partial charge in [-0.05, 0) is 112 Å². The second-order valence-electron chi connectivity index (χ2n) is 20.9. The van der Waals surface area contributed by atoms with Gasteiger partial charge in [0.1, 0.15) is 35.6 Å². The lowest BCUT2D eigenvalue weighted by atomic mass is 9.82. The fourth-order valence-electron chi connectivity index (χ4n) is 11.1. The van der Waals surface area contributed by atoms with Crippen LogP contribution in [0.4, 0.5) is 31.8 Å². The van der Waals surface area contributed by atoms with Crippen molar-refractivity contribution in [1.82, 2.24) is 40.6 Å². The van der Waals surface area contributed by atoms with E-state index in [0.29, 0.717) is 74.9 Å². The molecular weight excluding hydrogens is 871 g/mol. The van der Waals surface area contributed by atoms with Crippen molar-refractivity contribution in [1.29, 1.82) is 0 Å². The highest BCUT2D eigenvalue weighted by Gasteiger charge is 2.43. The molecule has 0 bridgehead atoms. The molecule has 0 saturated carbocycles. The number of likely N-dealkylation sites (tertiary alicyclic amines) is 2. The molecule has 1 unspecified atom stereocenters. The second kappa shape index (κ2) is 20.2. The zero-order valence-corrected chi connectivity index (χ0v) is 39.8. The molecule has 1 spiro atoms. The van der Waals surface area contributed by atoms with Gasteiger partial charge in [0, 0.05) is 101 Å². The van der Waals surface area contributed by atoms with Crippen LogP contribution < -0.4 is 36.4 Å². The Morgan fingerprint density at radius 3 is 2.43 bits per heavy atom. The van der Waals surface area contributed by atoms with Crippen molar-refractivity contribution in [3.05, 3.63) is 71.1 Å². The zero-order valence-electron chi connectivity index (χ0n) is 39.8. The molecule has 18 heteroatoms. The van der Waals surface area contributed by atoms with Gasteiger partial charge >= 0.3 is 0 Å². The summed E-state index contributed by atoms with van der Waals surface area (Å²) in [6, 6.07) is 9.70. The number of piperazine rings is 1. The van der Waals surface area contributed by atoms with Gasteiger partial charge < -0.3 is 40.9 Å². The number of amides is 4. The van der Waals surface area contributed by atoms with E-state index in [2.05, 4.69) is 72.0 Å². The van der Waals surface area contributed by atoms with E-state index in [1.165, 1.54) is 12.1 Å². The summed E-state index contributed by atoms with van der Waals surface area (Å²) in [6.45, 7) is 17.3. The Balaban J connectivity index is 0.674. The first-order chi connectivity index (χ1) is 32.7. The number of hydrogen-bond acceptors (Lipinski definition) is 13. The van der Waals surface area contributed by atoms with E-state index in [1.807, 2.05) is 24.3 Å². The van der Waals surface area contributed by atoms with E-state index in [9.17, 15) is 19.2 Å². The lowest BCUT2D eigenvalue weighted by molar-refractivity contribution is -0.137. The average molecular weight is 939 g/mol. The van der Waals surface area contributed by atoms with Gasteiger partial charge in [0.25, 0.3) is 5.91 Å². The van der Waals surface area contributed by atoms with Gasteiger partial charge in [0.05, 0.1) is 17.8 Å². The summed E-state index contributed by atoms with van der Waals surface area (Å²) in [6.07, 6.45) is 6.46. The minimum absolute atomic E-state index is 0.0150. The molecule has 2 aromatic carbocycles. The number of fused-ring (bicyclic) bond motifs is 1. The SMILES string of the molecule is C[C@@H]1CN(CCNc2cc(N3CCC4(CC3)CN(c3cc(F)c(CN5CCC(C)(C)CC5)cc3F)CC(=O)N4)ncn2)C[C@@H]1CNCCCNc1ccc2c(c1)CN(C1CCC(=O)NC1=O)C2=O. The number of nitrogens with one attached hydrogen (secondary N) is 5. The smallest absolute Gasteiger partial charge is 0.255 e. The molecule has 0 radical (unpaired) electrons. The van der Waals surface area contributed by atoms with Crippen molar-refractivity contribution < 1.29 is 28.0 Å². The number of carbonyl (C=O) groups is 4. The number of anilines is 4. The monoisotopic (exact) mass is 939 g/mol. The predicted molar refractivity (Wildman–Crippen MR) is 257 cm³/mol. The third kappa shape index (κ3) is 11.0. The number of halogens is 2. The molecule has 7 heterocycles. The standard InChI is InChI=1S/C50H68F2N12O4/c1-33-26-61(28-36(33)25-53-13-4-14-54-37-5-6-38-34(21-37)29-64(48(38)68)41-7-8-45(65)58-47(41)67)20-15-55-43-24-44(57-32-56-43)62-18-11-50(12-19-62)31-63(30-46(66)59-50)42-23-39(51)35(22-40(42)52)27-60-16-9-49(2,3)10-17-60/h5-6,21-24,32-33,36,41,53-54H,4,7-20,25-31H2,1-3H3,(H,59,66)(H,55,56,57)(H,58,65,67)/t33-,36+,41?/m1/s1. The average Bonchev–Trinajstić information content (AvgIpc) is 3.83. The Labute approximate surface area is 398 Å². The Morgan fingerprint density at radius 2 is 1.63 bits per heavy atom. The van der Waals surface area contributed by atoms with Crippen molar-refractivity contribution in [2.45, 2.75) is 90.4 Å². The van der Waals surface area contributed by atoms with Crippen LogP contribution in [0.15, 0.2) is 42.7 Å². The molecule has 5 saturated heterocycles. The van der Waals surface area contributed by atoms with Crippen molar-refractivity contribution in [3.63, 3.8) is 0 Å². The highest BCUT2D eigenvalue weighted by Crippen LogP contribution is 2.35. The summed E-state index contributed by atoms with van der Waals surface area (Å²) in [7, 11) is 0. The third-order valence-electron chi connectivity index (χ3n) is 15.4. The molecular formula is C50H68F2N12O4. The minimum Gasteiger partial charge on any atom is -0.385 e. The number of carbonyl (C=O) groups excluding carboxylic acids is 4.